The smallest absolute Gasteiger partial charge is 0.223 e. The molecule has 0 radical (unpaired) electrons. The van der Waals surface area contributed by atoms with Gasteiger partial charge in [0.1, 0.15) is 5.75 Å². The Hall–Kier alpha value is -1.71. The van der Waals surface area contributed by atoms with Crippen LogP contribution in [-0.4, -0.2) is 18.6 Å². The monoisotopic (exact) mass is 250 g/mol. The van der Waals surface area contributed by atoms with E-state index in [9.17, 15) is 4.79 Å². The molecule has 1 aromatic rings. The van der Waals surface area contributed by atoms with Gasteiger partial charge in [-0.25, -0.2) is 0 Å². The van der Waals surface area contributed by atoms with Crippen molar-refractivity contribution in [1.29, 1.82) is 0 Å². The standard InChI is InChI=1S/C14H22N2O2/c1-10(2)11(3)16-14(17)8-9-18-13-7-5-4-6-12(13)15/h4-7,10-11H,8-9,15H2,1-3H3,(H,16,17). The van der Waals surface area contributed by atoms with E-state index in [-0.39, 0.29) is 11.9 Å². The molecule has 18 heavy (non-hydrogen) atoms. The largest absolute Gasteiger partial charge is 0.491 e. The molecule has 1 rings (SSSR count). The second-order valence-corrected chi connectivity index (χ2v) is 4.74. The maximum Gasteiger partial charge on any atom is 0.223 e. The molecule has 0 aromatic heterocycles. The molecule has 1 atom stereocenters. The van der Waals surface area contributed by atoms with Crippen LogP contribution < -0.4 is 15.8 Å². The van der Waals surface area contributed by atoms with Gasteiger partial charge in [-0.05, 0) is 25.0 Å². The van der Waals surface area contributed by atoms with E-state index in [0.29, 0.717) is 30.4 Å². The number of hydrogen-bond acceptors (Lipinski definition) is 3. The zero-order valence-electron chi connectivity index (χ0n) is 11.3. The number of anilines is 1. The lowest BCUT2D eigenvalue weighted by molar-refractivity contribution is -0.122. The fourth-order valence-corrected chi connectivity index (χ4v) is 1.36. The highest BCUT2D eigenvalue weighted by Gasteiger charge is 2.10. The van der Waals surface area contributed by atoms with Crippen molar-refractivity contribution in [2.24, 2.45) is 5.92 Å². The van der Waals surface area contributed by atoms with Crippen LogP contribution in [0.3, 0.4) is 0 Å². The number of rotatable bonds is 6. The van der Waals surface area contributed by atoms with E-state index < -0.39 is 0 Å². The number of carbonyl (C=O) groups is 1. The summed E-state index contributed by atoms with van der Waals surface area (Å²) in [6.45, 7) is 6.49. The van der Waals surface area contributed by atoms with E-state index in [2.05, 4.69) is 19.2 Å². The number of hydrogen-bond donors (Lipinski definition) is 2. The Kier molecular flexibility index (Phi) is 5.49. The normalized spacial score (nSPS) is 12.2. The highest BCUT2D eigenvalue weighted by molar-refractivity contribution is 5.76. The summed E-state index contributed by atoms with van der Waals surface area (Å²) >= 11 is 0. The topological polar surface area (TPSA) is 64.3 Å². The van der Waals surface area contributed by atoms with E-state index in [0.717, 1.165) is 0 Å². The molecule has 0 aliphatic rings. The molecule has 3 N–H and O–H groups in total. The van der Waals surface area contributed by atoms with Gasteiger partial charge in [-0.1, -0.05) is 26.0 Å². The molecule has 100 valence electrons. The highest BCUT2D eigenvalue weighted by Crippen LogP contribution is 2.19. The lowest BCUT2D eigenvalue weighted by Crippen LogP contribution is -2.36. The Morgan fingerprint density at radius 2 is 2.00 bits per heavy atom. The van der Waals surface area contributed by atoms with Crippen molar-refractivity contribution in [2.75, 3.05) is 12.3 Å². The van der Waals surface area contributed by atoms with Crippen LogP contribution in [0.2, 0.25) is 0 Å². The predicted octanol–water partition coefficient (Wildman–Crippen LogP) is 2.20. The Labute approximate surface area is 109 Å². The van der Waals surface area contributed by atoms with Crippen LogP contribution in [0.1, 0.15) is 27.2 Å². The molecule has 0 saturated heterocycles. The quantitative estimate of drug-likeness (QED) is 0.761. The van der Waals surface area contributed by atoms with Crippen LogP contribution in [0.5, 0.6) is 5.75 Å². The van der Waals surface area contributed by atoms with Gasteiger partial charge in [0.25, 0.3) is 0 Å². The van der Waals surface area contributed by atoms with Gasteiger partial charge in [0.05, 0.1) is 18.7 Å². The molecule has 0 aliphatic carbocycles. The molecule has 1 amide bonds. The van der Waals surface area contributed by atoms with Crippen LogP contribution >= 0.6 is 0 Å². The number of nitrogens with two attached hydrogens (primary N) is 1. The van der Waals surface area contributed by atoms with E-state index in [1.165, 1.54) is 0 Å². The van der Waals surface area contributed by atoms with Gasteiger partial charge in [-0.15, -0.1) is 0 Å². The molecule has 4 nitrogen and oxygen atoms in total. The van der Waals surface area contributed by atoms with Gasteiger partial charge in [0.15, 0.2) is 0 Å². The minimum absolute atomic E-state index is 0.00528. The fraction of sp³-hybridized carbons (Fsp3) is 0.500. The maximum absolute atomic E-state index is 11.6. The second kappa shape index (κ2) is 6.89. The van der Waals surface area contributed by atoms with Gasteiger partial charge >= 0.3 is 0 Å². The Morgan fingerprint density at radius 3 is 2.61 bits per heavy atom. The first-order valence-electron chi connectivity index (χ1n) is 6.27. The average molecular weight is 250 g/mol. The van der Waals surface area contributed by atoms with Crippen LogP contribution in [0, 0.1) is 5.92 Å². The summed E-state index contributed by atoms with van der Waals surface area (Å²) in [6, 6.07) is 7.45. The van der Waals surface area contributed by atoms with E-state index in [1.54, 1.807) is 12.1 Å². The summed E-state index contributed by atoms with van der Waals surface area (Å²) in [7, 11) is 0. The minimum Gasteiger partial charge on any atom is -0.491 e. The third-order valence-corrected chi connectivity index (χ3v) is 2.89. The molecular formula is C14H22N2O2. The van der Waals surface area contributed by atoms with E-state index in [4.69, 9.17) is 10.5 Å². The van der Waals surface area contributed by atoms with Gasteiger partial charge < -0.3 is 15.8 Å². The summed E-state index contributed by atoms with van der Waals surface area (Å²) in [4.78, 5) is 11.6. The van der Waals surface area contributed by atoms with Crippen molar-refractivity contribution in [3.8, 4) is 5.75 Å². The molecular weight excluding hydrogens is 228 g/mol. The van der Waals surface area contributed by atoms with Gasteiger partial charge in [-0.3, -0.25) is 4.79 Å². The number of ether oxygens (including phenoxy) is 1. The van der Waals surface area contributed by atoms with Crippen LogP contribution in [0.4, 0.5) is 5.69 Å². The van der Waals surface area contributed by atoms with E-state index in [1.807, 2.05) is 19.1 Å². The fourth-order valence-electron chi connectivity index (χ4n) is 1.36. The first-order chi connectivity index (χ1) is 8.50. The number of nitrogens with one attached hydrogen (secondary N) is 1. The van der Waals surface area contributed by atoms with Crippen LogP contribution in [0.25, 0.3) is 0 Å². The zero-order valence-corrected chi connectivity index (χ0v) is 11.3. The second-order valence-electron chi connectivity index (χ2n) is 4.74. The van der Waals surface area contributed by atoms with Crippen molar-refractivity contribution >= 4 is 11.6 Å². The minimum atomic E-state index is 0.00528. The highest BCUT2D eigenvalue weighted by atomic mass is 16.5. The lowest BCUT2D eigenvalue weighted by atomic mass is 10.1. The zero-order chi connectivity index (χ0) is 13.5. The third-order valence-electron chi connectivity index (χ3n) is 2.89. The van der Waals surface area contributed by atoms with Crippen molar-refractivity contribution in [1.82, 2.24) is 5.32 Å². The summed E-state index contributed by atoms with van der Waals surface area (Å²) < 4.78 is 5.46. The number of carbonyl (C=O) groups excluding carboxylic acids is 1. The molecule has 0 bridgehead atoms. The Morgan fingerprint density at radius 1 is 1.33 bits per heavy atom. The van der Waals surface area contributed by atoms with E-state index >= 15 is 0 Å². The van der Waals surface area contributed by atoms with Crippen LogP contribution in [-0.2, 0) is 4.79 Å². The molecule has 1 aromatic carbocycles. The average Bonchev–Trinajstić information content (AvgIpc) is 2.31. The summed E-state index contributed by atoms with van der Waals surface area (Å²) in [6.07, 6.45) is 0.339. The van der Waals surface area contributed by atoms with Crippen molar-refractivity contribution in [3.05, 3.63) is 24.3 Å². The molecule has 0 aliphatic heterocycles. The van der Waals surface area contributed by atoms with Crippen molar-refractivity contribution < 1.29 is 9.53 Å². The summed E-state index contributed by atoms with van der Waals surface area (Å²) in [5.74, 6) is 1.06. The molecule has 0 saturated carbocycles. The number of benzene rings is 1. The maximum atomic E-state index is 11.6. The van der Waals surface area contributed by atoms with Crippen molar-refractivity contribution in [2.45, 2.75) is 33.2 Å². The third kappa shape index (κ3) is 4.65. The molecule has 0 fully saturated rings. The Balaban J connectivity index is 2.30. The van der Waals surface area contributed by atoms with Gasteiger partial charge in [0, 0.05) is 6.04 Å². The molecule has 1 unspecified atom stereocenters. The van der Waals surface area contributed by atoms with Crippen molar-refractivity contribution in [3.63, 3.8) is 0 Å². The summed E-state index contributed by atoms with van der Waals surface area (Å²) in [5.41, 5.74) is 6.32. The molecule has 0 heterocycles. The molecule has 4 heteroatoms. The first-order valence-corrected chi connectivity index (χ1v) is 6.27. The van der Waals surface area contributed by atoms with Gasteiger partial charge in [-0.2, -0.15) is 0 Å². The number of nitrogen functional groups attached to an aromatic ring is 1. The molecule has 0 spiro atoms. The first kappa shape index (κ1) is 14.4. The summed E-state index contributed by atoms with van der Waals surface area (Å²) in [5, 5.41) is 2.93. The predicted molar refractivity (Wildman–Crippen MR) is 73.4 cm³/mol. The number of para-hydroxylation sites is 2. The van der Waals surface area contributed by atoms with Gasteiger partial charge in [0.2, 0.25) is 5.91 Å². The number of amides is 1. The lowest BCUT2D eigenvalue weighted by Gasteiger charge is -2.17. The SMILES string of the molecule is CC(C)C(C)NC(=O)CCOc1ccccc1N. The Bertz CT molecular complexity index is 391. The van der Waals surface area contributed by atoms with Crippen LogP contribution in [0.15, 0.2) is 24.3 Å².